The van der Waals surface area contributed by atoms with Crippen LogP contribution in [-0.2, 0) is 19.9 Å². The van der Waals surface area contributed by atoms with Crippen molar-refractivity contribution < 1.29 is 24.2 Å². The smallest absolute Gasteiger partial charge is 0.343 e. The molecule has 0 fully saturated rings. The molecule has 0 unspecified atom stereocenters. The number of hydrogen-bond acceptors (Lipinski definition) is 5. The first-order valence-electron chi connectivity index (χ1n) is 8.18. The summed E-state index contributed by atoms with van der Waals surface area (Å²) in [5.41, 5.74) is 0.664. The van der Waals surface area contributed by atoms with E-state index < -0.39 is 23.5 Å². The molecule has 0 heterocycles. The van der Waals surface area contributed by atoms with Gasteiger partial charge in [0.05, 0.1) is 12.6 Å². The summed E-state index contributed by atoms with van der Waals surface area (Å²) in [6.07, 6.45) is -1.24. The highest BCUT2D eigenvalue weighted by molar-refractivity contribution is 5.82. The third kappa shape index (κ3) is 5.07. The van der Waals surface area contributed by atoms with E-state index in [1.807, 2.05) is 19.9 Å². The van der Waals surface area contributed by atoms with Crippen molar-refractivity contribution in [2.45, 2.75) is 25.5 Å². The molecule has 2 aromatic rings. The standard InChI is InChI=1S/C20H23NO5/c1-20(2,21-19(24)18(23)14-7-5-4-6-8-14)15-9-11-16(12-10-15)26-13-17(22)25-3/h4-12,18,23H,13H2,1-3H3,(H,21,24)/t18-/m1/s1. The van der Waals surface area contributed by atoms with Gasteiger partial charge < -0.3 is 19.9 Å². The first-order chi connectivity index (χ1) is 12.3. The van der Waals surface area contributed by atoms with Gasteiger partial charge in [-0.3, -0.25) is 4.79 Å². The lowest BCUT2D eigenvalue weighted by atomic mass is 9.93. The van der Waals surface area contributed by atoms with Crippen molar-refractivity contribution in [2.75, 3.05) is 13.7 Å². The summed E-state index contributed by atoms with van der Waals surface area (Å²) in [6, 6.07) is 15.8. The van der Waals surface area contributed by atoms with Gasteiger partial charge >= 0.3 is 5.97 Å². The van der Waals surface area contributed by atoms with Crippen LogP contribution in [0.1, 0.15) is 31.1 Å². The minimum Gasteiger partial charge on any atom is -0.482 e. The van der Waals surface area contributed by atoms with Crippen LogP contribution < -0.4 is 10.1 Å². The molecule has 0 saturated heterocycles. The Morgan fingerprint density at radius 3 is 2.27 bits per heavy atom. The molecule has 0 spiro atoms. The zero-order valence-corrected chi connectivity index (χ0v) is 15.1. The first kappa shape index (κ1) is 19.5. The van der Waals surface area contributed by atoms with Gasteiger partial charge in [-0.1, -0.05) is 42.5 Å². The molecule has 0 aliphatic heterocycles. The SMILES string of the molecule is COC(=O)COc1ccc(C(C)(C)NC(=O)[C@H](O)c2ccccc2)cc1. The summed E-state index contributed by atoms with van der Waals surface area (Å²) >= 11 is 0. The van der Waals surface area contributed by atoms with Gasteiger partial charge in [-0.2, -0.15) is 0 Å². The lowest BCUT2D eigenvalue weighted by Crippen LogP contribution is -2.43. The molecule has 0 bridgehead atoms. The highest BCUT2D eigenvalue weighted by Crippen LogP contribution is 2.24. The number of carbonyl (C=O) groups is 2. The molecular weight excluding hydrogens is 334 g/mol. The zero-order chi connectivity index (χ0) is 19.2. The summed E-state index contributed by atoms with van der Waals surface area (Å²) in [4.78, 5) is 23.5. The molecule has 0 aliphatic rings. The van der Waals surface area contributed by atoms with E-state index in [4.69, 9.17) is 4.74 Å². The van der Waals surface area contributed by atoms with Crippen LogP contribution in [0.25, 0.3) is 0 Å². The molecule has 1 atom stereocenters. The zero-order valence-electron chi connectivity index (χ0n) is 15.1. The van der Waals surface area contributed by atoms with E-state index in [0.29, 0.717) is 11.3 Å². The number of benzene rings is 2. The molecular formula is C20H23NO5. The van der Waals surface area contributed by atoms with Crippen LogP contribution in [0.3, 0.4) is 0 Å². The summed E-state index contributed by atoms with van der Waals surface area (Å²) in [5.74, 6) is -0.422. The molecule has 0 aromatic heterocycles. The number of esters is 1. The van der Waals surface area contributed by atoms with Gasteiger partial charge in [0.1, 0.15) is 5.75 Å². The van der Waals surface area contributed by atoms with E-state index >= 15 is 0 Å². The second-order valence-electron chi connectivity index (χ2n) is 6.32. The van der Waals surface area contributed by atoms with E-state index in [9.17, 15) is 14.7 Å². The predicted molar refractivity (Wildman–Crippen MR) is 96.5 cm³/mol. The van der Waals surface area contributed by atoms with E-state index in [0.717, 1.165) is 5.56 Å². The van der Waals surface area contributed by atoms with Crippen molar-refractivity contribution in [1.29, 1.82) is 0 Å². The minimum absolute atomic E-state index is 0.167. The van der Waals surface area contributed by atoms with E-state index in [-0.39, 0.29) is 6.61 Å². The third-order valence-corrected chi connectivity index (χ3v) is 3.96. The number of nitrogens with one attached hydrogen (secondary N) is 1. The number of aliphatic hydroxyl groups excluding tert-OH is 1. The molecule has 0 saturated carbocycles. The van der Waals surface area contributed by atoms with Crippen LogP contribution in [-0.4, -0.2) is 30.7 Å². The Balaban J connectivity index is 2.02. The van der Waals surface area contributed by atoms with Gasteiger partial charge in [0.15, 0.2) is 12.7 Å². The maximum atomic E-state index is 12.4. The number of ether oxygens (including phenoxy) is 2. The molecule has 1 amide bonds. The molecule has 6 heteroatoms. The fraction of sp³-hybridized carbons (Fsp3) is 0.300. The van der Waals surface area contributed by atoms with E-state index in [2.05, 4.69) is 10.1 Å². The van der Waals surface area contributed by atoms with Crippen molar-refractivity contribution in [1.82, 2.24) is 5.32 Å². The summed E-state index contributed by atoms with van der Waals surface area (Å²) in [6.45, 7) is 3.51. The van der Waals surface area contributed by atoms with Crippen LogP contribution in [0.4, 0.5) is 0 Å². The average molecular weight is 357 g/mol. The van der Waals surface area contributed by atoms with Gasteiger partial charge in [0.25, 0.3) is 5.91 Å². The number of amides is 1. The van der Waals surface area contributed by atoms with Crippen molar-refractivity contribution in [2.24, 2.45) is 0 Å². The molecule has 2 N–H and O–H groups in total. The highest BCUT2D eigenvalue weighted by Gasteiger charge is 2.27. The number of methoxy groups -OCH3 is 1. The predicted octanol–water partition coefficient (Wildman–Crippen LogP) is 2.32. The number of carbonyl (C=O) groups excluding carboxylic acids is 2. The summed E-state index contributed by atoms with van der Waals surface area (Å²) in [7, 11) is 1.30. The van der Waals surface area contributed by atoms with Crippen molar-refractivity contribution in [3.05, 3.63) is 65.7 Å². The Morgan fingerprint density at radius 1 is 1.08 bits per heavy atom. The molecule has 138 valence electrons. The van der Waals surface area contributed by atoms with Crippen LogP contribution >= 0.6 is 0 Å². The van der Waals surface area contributed by atoms with Crippen molar-refractivity contribution >= 4 is 11.9 Å². The Bertz CT molecular complexity index is 741. The largest absolute Gasteiger partial charge is 0.482 e. The fourth-order valence-electron chi connectivity index (χ4n) is 2.40. The van der Waals surface area contributed by atoms with Crippen LogP contribution in [0.15, 0.2) is 54.6 Å². The second-order valence-corrected chi connectivity index (χ2v) is 6.32. The molecule has 2 aromatic carbocycles. The van der Waals surface area contributed by atoms with Crippen LogP contribution in [0.2, 0.25) is 0 Å². The van der Waals surface area contributed by atoms with Gasteiger partial charge in [0.2, 0.25) is 0 Å². The number of aliphatic hydroxyl groups is 1. The second kappa shape index (κ2) is 8.49. The van der Waals surface area contributed by atoms with E-state index in [1.165, 1.54) is 7.11 Å². The maximum absolute atomic E-state index is 12.4. The first-order valence-corrected chi connectivity index (χ1v) is 8.18. The van der Waals surface area contributed by atoms with Crippen LogP contribution in [0, 0.1) is 0 Å². The average Bonchev–Trinajstić information content (AvgIpc) is 2.66. The molecule has 0 aliphatic carbocycles. The molecule has 2 rings (SSSR count). The van der Waals surface area contributed by atoms with Crippen LogP contribution in [0.5, 0.6) is 5.75 Å². The number of hydrogen-bond donors (Lipinski definition) is 2. The topological polar surface area (TPSA) is 84.9 Å². The monoisotopic (exact) mass is 357 g/mol. The lowest BCUT2D eigenvalue weighted by Gasteiger charge is -2.28. The Morgan fingerprint density at radius 2 is 1.69 bits per heavy atom. The van der Waals surface area contributed by atoms with Gasteiger partial charge in [-0.25, -0.2) is 4.79 Å². The maximum Gasteiger partial charge on any atom is 0.343 e. The Kier molecular flexibility index (Phi) is 6.36. The quantitative estimate of drug-likeness (QED) is 0.743. The summed E-state index contributed by atoms with van der Waals surface area (Å²) < 4.78 is 9.82. The van der Waals surface area contributed by atoms with Gasteiger partial charge in [-0.05, 0) is 37.1 Å². The fourth-order valence-corrected chi connectivity index (χ4v) is 2.40. The van der Waals surface area contributed by atoms with Crippen molar-refractivity contribution in [3.63, 3.8) is 0 Å². The van der Waals surface area contributed by atoms with E-state index in [1.54, 1.807) is 48.5 Å². The van der Waals surface area contributed by atoms with Gasteiger partial charge in [-0.15, -0.1) is 0 Å². The molecule has 26 heavy (non-hydrogen) atoms. The molecule has 0 radical (unpaired) electrons. The third-order valence-electron chi connectivity index (χ3n) is 3.96. The number of rotatable bonds is 7. The lowest BCUT2D eigenvalue weighted by molar-refractivity contribution is -0.142. The Hall–Kier alpha value is -2.86. The normalized spacial score (nSPS) is 12.2. The molecule has 6 nitrogen and oxygen atoms in total. The van der Waals surface area contributed by atoms with Crippen molar-refractivity contribution in [3.8, 4) is 5.75 Å². The minimum atomic E-state index is -1.24. The summed E-state index contributed by atoms with van der Waals surface area (Å²) in [5, 5.41) is 13.1. The highest BCUT2D eigenvalue weighted by atomic mass is 16.6. The Labute approximate surface area is 152 Å². The van der Waals surface area contributed by atoms with Gasteiger partial charge in [0, 0.05) is 0 Å².